The summed E-state index contributed by atoms with van der Waals surface area (Å²) in [4.78, 5) is 21.9. The van der Waals surface area contributed by atoms with Gasteiger partial charge in [-0.05, 0) is 50.6 Å². The van der Waals surface area contributed by atoms with Crippen molar-refractivity contribution in [3.05, 3.63) is 76.3 Å². The molecule has 5 nitrogen and oxygen atoms in total. The van der Waals surface area contributed by atoms with Gasteiger partial charge < -0.3 is 9.80 Å². The molecule has 3 heterocycles. The lowest BCUT2D eigenvalue weighted by Gasteiger charge is -2.22. The molecule has 1 saturated heterocycles. The molecule has 0 spiro atoms. The molecule has 1 unspecified atom stereocenters. The third-order valence-corrected chi connectivity index (χ3v) is 5.34. The Morgan fingerprint density at radius 1 is 1.15 bits per heavy atom. The fourth-order valence-electron chi connectivity index (χ4n) is 4.08. The smallest absolute Gasteiger partial charge is 0.258 e. The standard InChI is InChI=1S/C22H26N4O/c1-17-7-6-10-21-23-19(13-22(27)26(17)21)16-24(2)14-18-11-12-25(15-18)20-8-4-3-5-9-20/h3-10,13,18H,11-12,14-16H2,1-2H3. The first-order valence-electron chi connectivity index (χ1n) is 9.57. The summed E-state index contributed by atoms with van der Waals surface area (Å²) in [5.74, 6) is 0.638. The first kappa shape index (κ1) is 17.7. The van der Waals surface area contributed by atoms with E-state index in [9.17, 15) is 4.79 Å². The summed E-state index contributed by atoms with van der Waals surface area (Å²) >= 11 is 0. The van der Waals surface area contributed by atoms with Gasteiger partial charge in [0.05, 0.1) is 5.69 Å². The Labute approximate surface area is 159 Å². The molecule has 27 heavy (non-hydrogen) atoms. The SMILES string of the molecule is Cc1cccc2nc(CN(C)CC3CCN(c4ccccc4)C3)cc(=O)n12. The number of pyridine rings is 1. The Morgan fingerprint density at radius 2 is 1.96 bits per heavy atom. The van der Waals surface area contributed by atoms with Gasteiger partial charge in [0, 0.05) is 43.6 Å². The zero-order valence-corrected chi connectivity index (χ0v) is 16.0. The fourth-order valence-corrected chi connectivity index (χ4v) is 4.08. The van der Waals surface area contributed by atoms with Crippen LogP contribution < -0.4 is 10.5 Å². The second-order valence-electron chi connectivity index (χ2n) is 7.58. The van der Waals surface area contributed by atoms with E-state index < -0.39 is 0 Å². The lowest BCUT2D eigenvalue weighted by molar-refractivity contribution is 0.276. The maximum atomic E-state index is 12.4. The number of para-hydroxylation sites is 1. The summed E-state index contributed by atoms with van der Waals surface area (Å²) in [6, 6.07) is 18.1. The van der Waals surface area contributed by atoms with E-state index in [4.69, 9.17) is 0 Å². The Balaban J connectivity index is 1.41. The molecule has 3 aromatic rings. The second kappa shape index (κ2) is 7.53. The average molecular weight is 362 g/mol. The van der Waals surface area contributed by atoms with Gasteiger partial charge in [-0.25, -0.2) is 4.98 Å². The number of hydrogen-bond donors (Lipinski definition) is 0. The molecule has 1 aliphatic rings. The minimum Gasteiger partial charge on any atom is -0.371 e. The first-order valence-corrected chi connectivity index (χ1v) is 9.57. The van der Waals surface area contributed by atoms with Gasteiger partial charge in [0.25, 0.3) is 5.56 Å². The highest BCUT2D eigenvalue weighted by Gasteiger charge is 2.23. The van der Waals surface area contributed by atoms with Crippen molar-refractivity contribution in [2.75, 3.05) is 31.6 Å². The molecule has 5 heteroatoms. The van der Waals surface area contributed by atoms with Crippen molar-refractivity contribution in [3.63, 3.8) is 0 Å². The highest BCUT2D eigenvalue weighted by Crippen LogP contribution is 2.24. The van der Waals surface area contributed by atoms with Crippen molar-refractivity contribution >= 4 is 11.3 Å². The van der Waals surface area contributed by atoms with Crippen LogP contribution in [-0.2, 0) is 6.54 Å². The van der Waals surface area contributed by atoms with E-state index in [1.807, 2.05) is 25.1 Å². The Kier molecular flexibility index (Phi) is 4.94. The Morgan fingerprint density at radius 3 is 2.78 bits per heavy atom. The summed E-state index contributed by atoms with van der Waals surface area (Å²) in [5, 5.41) is 0. The number of anilines is 1. The highest BCUT2D eigenvalue weighted by molar-refractivity contribution is 5.47. The third kappa shape index (κ3) is 3.88. The topological polar surface area (TPSA) is 40.9 Å². The number of rotatable bonds is 5. The van der Waals surface area contributed by atoms with E-state index in [1.54, 1.807) is 10.5 Å². The van der Waals surface area contributed by atoms with Crippen LogP contribution in [0.5, 0.6) is 0 Å². The molecule has 0 bridgehead atoms. The second-order valence-corrected chi connectivity index (χ2v) is 7.58. The minimum atomic E-state index is -0.00220. The molecule has 1 aliphatic heterocycles. The number of aromatic nitrogens is 2. The van der Waals surface area contributed by atoms with Crippen molar-refractivity contribution in [2.24, 2.45) is 5.92 Å². The molecule has 0 saturated carbocycles. The largest absolute Gasteiger partial charge is 0.371 e. The fraction of sp³-hybridized carbons (Fsp3) is 0.364. The molecular formula is C22H26N4O. The molecule has 0 radical (unpaired) electrons. The Hall–Kier alpha value is -2.66. The average Bonchev–Trinajstić information content (AvgIpc) is 3.10. The van der Waals surface area contributed by atoms with Crippen molar-refractivity contribution in [1.29, 1.82) is 0 Å². The maximum absolute atomic E-state index is 12.4. The summed E-state index contributed by atoms with van der Waals surface area (Å²) in [6.45, 7) is 5.83. The van der Waals surface area contributed by atoms with Crippen LogP contribution in [0.25, 0.3) is 5.65 Å². The van der Waals surface area contributed by atoms with Gasteiger partial charge in [0.15, 0.2) is 0 Å². The third-order valence-electron chi connectivity index (χ3n) is 5.34. The number of nitrogens with zero attached hydrogens (tertiary/aromatic N) is 4. The number of fused-ring (bicyclic) bond motifs is 1. The van der Waals surface area contributed by atoms with Crippen LogP contribution in [0.15, 0.2) is 59.4 Å². The lowest BCUT2D eigenvalue weighted by atomic mass is 10.1. The van der Waals surface area contributed by atoms with Gasteiger partial charge in [0.2, 0.25) is 0 Å². The maximum Gasteiger partial charge on any atom is 0.258 e. The molecule has 0 amide bonds. The summed E-state index contributed by atoms with van der Waals surface area (Å²) < 4.78 is 1.66. The van der Waals surface area contributed by atoms with Gasteiger partial charge in [-0.15, -0.1) is 0 Å². The van der Waals surface area contributed by atoms with Gasteiger partial charge in [0.1, 0.15) is 5.65 Å². The molecule has 0 N–H and O–H groups in total. The molecule has 140 valence electrons. The van der Waals surface area contributed by atoms with Crippen molar-refractivity contribution < 1.29 is 0 Å². The zero-order valence-electron chi connectivity index (χ0n) is 16.0. The van der Waals surface area contributed by atoms with Crippen LogP contribution in [0.2, 0.25) is 0 Å². The van der Waals surface area contributed by atoms with Crippen molar-refractivity contribution in [3.8, 4) is 0 Å². The van der Waals surface area contributed by atoms with Crippen LogP contribution in [0, 0.1) is 12.8 Å². The number of hydrogen-bond acceptors (Lipinski definition) is 4. The summed E-state index contributed by atoms with van der Waals surface area (Å²) in [5.41, 5.74) is 3.78. The Bertz CT molecular complexity index is 983. The molecule has 4 rings (SSSR count). The van der Waals surface area contributed by atoms with Crippen LogP contribution in [0.3, 0.4) is 0 Å². The van der Waals surface area contributed by atoms with E-state index in [0.29, 0.717) is 12.5 Å². The van der Waals surface area contributed by atoms with Gasteiger partial charge >= 0.3 is 0 Å². The van der Waals surface area contributed by atoms with Crippen LogP contribution in [0.4, 0.5) is 5.69 Å². The molecule has 1 atom stereocenters. The van der Waals surface area contributed by atoms with Gasteiger partial charge in [-0.2, -0.15) is 0 Å². The molecule has 0 aliphatic carbocycles. The predicted molar refractivity (Wildman–Crippen MR) is 109 cm³/mol. The zero-order chi connectivity index (χ0) is 18.8. The number of benzene rings is 1. The number of aryl methyl sites for hydroxylation is 1. The quantitative estimate of drug-likeness (QED) is 0.700. The van der Waals surface area contributed by atoms with Crippen LogP contribution in [0.1, 0.15) is 17.8 Å². The highest BCUT2D eigenvalue weighted by atomic mass is 16.1. The van der Waals surface area contributed by atoms with E-state index in [0.717, 1.165) is 36.7 Å². The molecule has 1 aromatic carbocycles. The molecule has 2 aromatic heterocycles. The van der Waals surface area contributed by atoms with Crippen molar-refractivity contribution in [2.45, 2.75) is 19.9 Å². The van der Waals surface area contributed by atoms with Crippen LogP contribution >= 0.6 is 0 Å². The predicted octanol–water partition coefficient (Wildman–Crippen LogP) is 2.96. The lowest BCUT2D eigenvalue weighted by Crippen LogP contribution is -2.29. The van der Waals surface area contributed by atoms with E-state index in [-0.39, 0.29) is 5.56 Å². The normalized spacial score (nSPS) is 17.1. The molecule has 1 fully saturated rings. The molecular weight excluding hydrogens is 336 g/mol. The van der Waals surface area contributed by atoms with Crippen LogP contribution in [-0.4, -0.2) is 41.0 Å². The first-order chi connectivity index (χ1) is 13.1. The van der Waals surface area contributed by atoms with Gasteiger partial charge in [-0.1, -0.05) is 24.3 Å². The van der Waals surface area contributed by atoms with Crippen molar-refractivity contribution in [1.82, 2.24) is 14.3 Å². The monoisotopic (exact) mass is 362 g/mol. The summed E-state index contributed by atoms with van der Waals surface area (Å²) in [7, 11) is 2.12. The van der Waals surface area contributed by atoms with E-state index in [1.165, 1.54) is 12.1 Å². The van der Waals surface area contributed by atoms with E-state index >= 15 is 0 Å². The minimum absolute atomic E-state index is 0.00220. The van der Waals surface area contributed by atoms with Gasteiger partial charge in [-0.3, -0.25) is 9.20 Å². The van der Waals surface area contributed by atoms with E-state index in [2.05, 4.69) is 52.2 Å². The summed E-state index contributed by atoms with van der Waals surface area (Å²) in [6.07, 6.45) is 1.20.